The Balaban J connectivity index is 1.72. The minimum absolute atomic E-state index is 0.221. The van der Waals surface area contributed by atoms with Crippen LogP contribution in [0.5, 0.6) is 5.75 Å². The third-order valence-corrected chi connectivity index (χ3v) is 3.95. The number of carbonyl (C=O) groups excluding carboxylic acids is 1. The molecule has 3 rings (SSSR count). The topological polar surface area (TPSA) is 39.4 Å². The molecule has 0 saturated heterocycles. The maximum Gasteiger partial charge on any atom is 0.159 e. The van der Waals surface area contributed by atoms with Crippen molar-refractivity contribution in [1.82, 2.24) is 0 Å². The molecule has 0 bridgehead atoms. The van der Waals surface area contributed by atoms with Gasteiger partial charge in [-0.2, -0.15) is 0 Å². The summed E-state index contributed by atoms with van der Waals surface area (Å²) in [6.45, 7) is 0. The van der Waals surface area contributed by atoms with Gasteiger partial charge >= 0.3 is 0 Å². The molecule has 0 amide bonds. The van der Waals surface area contributed by atoms with E-state index in [-0.39, 0.29) is 11.7 Å². The number of methoxy groups -OCH3 is 1. The first-order valence-electron chi connectivity index (χ1n) is 7.17. The number of allylic oxidation sites excluding steroid dienone is 1. The summed E-state index contributed by atoms with van der Waals surface area (Å²) < 4.78 is 10.6. The number of ketones is 1. The number of ether oxygens (including phenoxy) is 1. The average molecular weight is 282 g/mol. The number of benzene rings is 1. The van der Waals surface area contributed by atoms with Crippen LogP contribution in [0.15, 0.2) is 52.7 Å². The molecular formula is C18H18O3. The Morgan fingerprint density at radius 2 is 2.05 bits per heavy atom. The zero-order chi connectivity index (χ0) is 14.7. The monoisotopic (exact) mass is 282 g/mol. The molecule has 1 saturated carbocycles. The molecule has 1 aliphatic rings. The predicted octanol–water partition coefficient (Wildman–Crippen LogP) is 4.21. The van der Waals surface area contributed by atoms with Crippen LogP contribution in [0.25, 0.3) is 6.08 Å². The Hall–Kier alpha value is -2.29. The van der Waals surface area contributed by atoms with Crippen LogP contribution in [0.1, 0.15) is 36.5 Å². The Bertz CT molecular complexity index is 636. The molecule has 108 valence electrons. The van der Waals surface area contributed by atoms with Gasteiger partial charge in [-0.25, -0.2) is 0 Å². The third-order valence-electron chi connectivity index (χ3n) is 3.95. The number of hydrogen-bond acceptors (Lipinski definition) is 3. The van der Waals surface area contributed by atoms with Gasteiger partial charge in [-0.05, 0) is 54.3 Å². The second kappa shape index (κ2) is 6.00. The third kappa shape index (κ3) is 3.07. The van der Waals surface area contributed by atoms with E-state index in [9.17, 15) is 4.79 Å². The van der Waals surface area contributed by atoms with Gasteiger partial charge < -0.3 is 9.15 Å². The van der Waals surface area contributed by atoms with Crippen molar-refractivity contribution in [3.63, 3.8) is 0 Å². The maximum atomic E-state index is 12.3. The van der Waals surface area contributed by atoms with Crippen LogP contribution in [0.3, 0.4) is 0 Å². The summed E-state index contributed by atoms with van der Waals surface area (Å²) in [6.07, 6.45) is 5.95. The van der Waals surface area contributed by atoms with E-state index in [2.05, 4.69) is 0 Å². The molecule has 1 aromatic heterocycles. The van der Waals surface area contributed by atoms with Gasteiger partial charge in [0.25, 0.3) is 0 Å². The van der Waals surface area contributed by atoms with E-state index >= 15 is 0 Å². The van der Waals surface area contributed by atoms with E-state index in [4.69, 9.17) is 9.15 Å². The standard InChI is InChI=1S/C18H18O3/c1-20-16-8-4-13(5-9-16)11-14-6-7-15(12-17(14)19)18-3-2-10-21-18/h2-5,8-11,15H,6-7,12H2,1H3. The quantitative estimate of drug-likeness (QED) is 0.792. The van der Waals surface area contributed by atoms with E-state index < -0.39 is 0 Å². The summed E-state index contributed by atoms with van der Waals surface area (Å²) in [5, 5.41) is 0. The lowest BCUT2D eigenvalue weighted by Crippen LogP contribution is -2.15. The first kappa shape index (κ1) is 13.7. The van der Waals surface area contributed by atoms with Gasteiger partial charge in [-0.3, -0.25) is 4.79 Å². The highest BCUT2D eigenvalue weighted by atomic mass is 16.5. The first-order valence-corrected chi connectivity index (χ1v) is 7.17. The first-order chi connectivity index (χ1) is 10.3. The van der Waals surface area contributed by atoms with Gasteiger partial charge in [0, 0.05) is 12.3 Å². The molecule has 1 fully saturated rings. The Morgan fingerprint density at radius 3 is 2.67 bits per heavy atom. The molecule has 1 aromatic carbocycles. The Kier molecular flexibility index (Phi) is 3.91. The highest BCUT2D eigenvalue weighted by Crippen LogP contribution is 2.34. The summed E-state index contributed by atoms with van der Waals surface area (Å²) in [5.74, 6) is 2.19. The van der Waals surface area contributed by atoms with Gasteiger partial charge in [0.15, 0.2) is 5.78 Å². The smallest absolute Gasteiger partial charge is 0.159 e. The van der Waals surface area contributed by atoms with Gasteiger partial charge in [0.1, 0.15) is 11.5 Å². The molecule has 0 radical (unpaired) electrons. The molecule has 1 atom stereocenters. The van der Waals surface area contributed by atoms with E-state index in [1.807, 2.05) is 42.5 Å². The van der Waals surface area contributed by atoms with Gasteiger partial charge in [0.2, 0.25) is 0 Å². The fraction of sp³-hybridized carbons (Fsp3) is 0.278. The predicted molar refractivity (Wildman–Crippen MR) is 81.3 cm³/mol. The number of hydrogen-bond donors (Lipinski definition) is 0. The van der Waals surface area contributed by atoms with Gasteiger partial charge in [-0.15, -0.1) is 0 Å². The summed E-state index contributed by atoms with van der Waals surface area (Å²) in [5.41, 5.74) is 1.94. The molecule has 21 heavy (non-hydrogen) atoms. The SMILES string of the molecule is COc1ccc(C=C2CCC(c3ccco3)CC2=O)cc1. The van der Waals surface area contributed by atoms with Gasteiger partial charge in [-0.1, -0.05) is 12.1 Å². The summed E-state index contributed by atoms with van der Waals surface area (Å²) in [7, 11) is 1.65. The molecule has 0 aliphatic heterocycles. The van der Waals surface area contributed by atoms with Crippen molar-refractivity contribution in [3.05, 3.63) is 59.6 Å². The fourth-order valence-electron chi connectivity index (χ4n) is 2.75. The second-order valence-corrected chi connectivity index (χ2v) is 5.32. The average Bonchev–Trinajstić information content (AvgIpc) is 3.04. The van der Waals surface area contributed by atoms with Crippen molar-refractivity contribution in [3.8, 4) is 5.75 Å². The molecule has 3 nitrogen and oxygen atoms in total. The maximum absolute atomic E-state index is 12.3. The van der Waals surface area contributed by atoms with Crippen molar-refractivity contribution in [1.29, 1.82) is 0 Å². The molecule has 0 spiro atoms. The highest BCUT2D eigenvalue weighted by Gasteiger charge is 2.26. The zero-order valence-corrected chi connectivity index (χ0v) is 12.0. The number of Topliss-reactive ketones (excluding diaryl/α,β-unsaturated/α-hetero) is 1. The lowest BCUT2D eigenvalue weighted by atomic mass is 9.83. The lowest BCUT2D eigenvalue weighted by molar-refractivity contribution is -0.116. The van der Waals surface area contributed by atoms with Crippen LogP contribution in [-0.2, 0) is 4.79 Å². The minimum atomic E-state index is 0.221. The largest absolute Gasteiger partial charge is 0.497 e. The van der Waals surface area contributed by atoms with Crippen LogP contribution in [-0.4, -0.2) is 12.9 Å². The molecule has 3 heteroatoms. The van der Waals surface area contributed by atoms with Crippen LogP contribution >= 0.6 is 0 Å². The molecule has 2 aromatic rings. The number of carbonyl (C=O) groups is 1. The fourth-order valence-corrected chi connectivity index (χ4v) is 2.75. The molecule has 0 N–H and O–H groups in total. The Labute approximate surface area is 124 Å². The molecular weight excluding hydrogens is 264 g/mol. The molecule has 1 heterocycles. The Morgan fingerprint density at radius 1 is 1.24 bits per heavy atom. The van der Waals surface area contributed by atoms with Crippen molar-refractivity contribution >= 4 is 11.9 Å². The van der Waals surface area contributed by atoms with E-state index in [1.165, 1.54) is 0 Å². The van der Waals surface area contributed by atoms with Crippen LogP contribution in [0.2, 0.25) is 0 Å². The van der Waals surface area contributed by atoms with E-state index in [0.29, 0.717) is 6.42 Å². The van der Waals surface area contributed by atoms with Gasteiger partial charge in [0.05, 0.1) is 13.4 Å². The second-order valence-electron chi connectivity index (χ2n) is 5.32. The number of rotatable bonds is 3. The van der Waals surface area contributed by atoms with Crippen molar-refractivity contribution in [2.45, 2.75) is 25.2 Å². The van der Waals surface area contributed by atoms with Crippen LogP contribution in [0, 0.1) is 0 Å². The van der Waals surface area contributed by atoms with Crippen LogP contribution < -0.4 is 4.74 Å². The number of furan rings is 1. The summed E-state index contributed by atoms with van der Waals surface area (Å²) >= 11 is 0. The summed E-state index contributed by atoms with van der Waals surface area (Å²) in [6, 6.07) is 11.6. The van der Waals surface area contributed by atoms with Crippen molar-refractivity contribution in [2.24, 2.45) is 0 Å². The molecule has 1 aliphatic carbocycles. The summed E-state index contributed by atoms with van der Waals surface area (Å²) in [4.78, 5) is 12.3. The van der Waals surface area contributed by atoms with Crippen molar-refractivity contribution in [2.75, 3.05) is 7.11 Å². The minimum Gasteiger partial charge on any atom is -0.497 e. The van der Waals surface area contributed by atoms with Crippen LogP contribution in [0.4, 0.5) is 0 Å². The highest BCUT2D eigenvalue weighted by molar-refractivity contribution is 6.00. The normalized spacial score (nSPS) is 20.7. The lowest BCUT2D eigenvalue weighted by Gasteiger charge is -2.21. The van der Waals surface area contributed by atoms with E-state index in [0.717, 1.165) is 35.5 Å². The zero-order valence-electron chi connectivity index (χ0n) is 12.0. The molecule has 1 unspecified atom stereocenters. The van der Waals surface area contributed by atoms with E-state index in [1.54, 1.807) is 13.4 Å². The van der Waals surface area contributed by atoms with Crippen molar-refractivity contribution < 1.29 is 13.9 Å².